The number of hydrogen-bond donors (Lipinski definition) is 2. The number of aromatic amines is 1. The average molecular weight is 237 g/mol. The lowest BCUT2D eigenvalue weighted by Gasteiger charge is -2.24. The van der Waals surface area contributed by atoms with Gasteiger partial charge in [-0.1, -0.05) is 11.8 Å². The minimum absolute atomic E-state index is 0.492. The van der Waals surface area contributed by atoms with Crippen molar-refractivity contribution in [2.75, 3.05) is 25.6 Å². The number of thioether (sulfide) groups is 1. The van der Waals surface area contributed by atoms with E-state index in [1.807, 2.05) is 0 Å². The largest absolute Gasteiger partial charge is 0.379 e. The van der Waals surface area contributed by atoms with Crippen LogP contribution in [0, 0.1) is 0 Å². The Morgan fingerprint density at radius 2 is 2.38 bits per heavy atom. The van der Waals surface area contributed by atoms with Crippen molar-refractivity contribution in [3.05, 3.63) is 6.33 Å². The summed E-state index contributed by atoms with van der Waals surface area (Å²) in [4.78, 5) is 15.9. The van der Waals surface area contributed by atoms with Gasteiger partial charge in [0, 0.05) is 7.05 Å². The SMILES string of the molecule is CNc1nc(SC2COC2)c2[nH]cnc2n1. The van der Waals surface area contributed by atoms with E-state index in [1.54, 1.807) is 25.1 Å². The van der Waals surface area contributed by atoms with Crippen LogP contribution in [0.1, 0.15) is 0 Å². The van der Waals surface area contributed by atoms with Crippen molar-refractivity contribution in [3.8, 4) is 0 Å². The van der Waals surface area contributed by atoms with Gasteiger partial charge in [0.15, 0.2) is 5.65 Å². The monoisotopic (exact) mass is 237 g/mol. The zero-order chi connectivity index (χ0) is 11.0. The van der Waals surface area contributed by atoms with Crippen LogP contribution in [-0.2, 0) is 4.74 Å². The quantitative estimate of drug-likeness (QED) is 0.772. The van der Waals surface area contributed by atoms with Crippen molar-refractivity contribution < 1.29 is 4.74 Å². The van der Waals surface area contributed by atoms with Gasteiger partial charge in [-0.25, -0.2) is 9.97 Å². The first kappa shape index (κ1) is 9.86. The molecule has 16 heavy (non-hydrogen) atoms. The molecular formula is C9H11N5OS. The van der Waals surface area contributed by atoms with Gasteiger partial charge < -0.3 is 15.0 Å². The lowest BCUT2D eigenvalue weighted by Crippen LogP contribution is -2.30. The zero-order valence-corrected chi connectivity index (χ0v) is 9.54. The molecule has 0 aromatic carbocycles. The van der Waals surface area contributed by atoms with Gasteiger partial charge in [-0.15, -0.1) is 0 Å². The Balaban J connectivity index is 2.01. The molecule has 3 heterocycles. The number of H-pyrrole nitrogens is 1. The summed E-state index contributed by atoms with van der Waals surface area (Å²) in [5.74, 6) is 0.599. The number of nitrogens with one attached hydrogen (secondary N) is 2. The predicted octanol–water partition coefficient (Wildman–Crippen LogP) is 0.885. The molecule has 0 aliphatic carbocycles. The van der Waals surface area contributed by atoms with Gasteiger partial charge in [-0.2, -0.15) is 4.98 Å². The second-order valence-corrected chi connectivity index (χ2v) is 4.77. The fourth-order valence-electron chi connectivity index (χ4n) is 1.44. The second kappa shape index (κ2) is 3.91. The van der Waals surface area contributed by atoms with E-state index in [-0.39, 0.29) is 0 Å². The summed E-state index contributed by atoms with van der Waals surface area (Å²) >= 11 is 1.71. The van der Waals surface area contributed by atoms with Crippen molar-refractivity contribution in [1.82, 2.24) is 19.9 Å². The smallest absolute Gasteiger partial charge is 0.225 e. The fourth-order valence-corrected chi connectivity index (χ4v) is 2.50. The topological polar surface area (TPSA) is 75.7 Å². The Hall–Kier alpha value is -1.34. The van der Waals surface area contributed by atoms with E-state index in [0.29, 0.717) is 16.8 Å². The maximum atomic E-state index is 5.15. The Kier molecular flexibility index (Phi) is 2.41. The lowest BCUT2D eigenvalue weighted by molar-refractivity contribution is 0.0455. The van der Waals surface area contributed by atoms with Crippen LogP contribution in [0.25, 0.3) is 11.2 Å². The van der Waals surface area contributed by atoms with Crippen LogP contribution >= 0.6 is 11.8 Å². The van der Waals surface area contributed by atoms with Crippen molar-refractivity contribution in [1.29, 1.82) is 0 Å². The summed E-state index contributed by atoms with van der Waals surface area (Å²) in [6.45, 7) is 1.58. The molecule has 0 bridgehead atoms. The molecule has 0 amide bonds. The Morgan fingerprint density at radius 3 is 3.06 bits per heavy atom. The van der Waals surface area contributed by atoms with Gasteiger partial charge in [-0.05, 0) is 0 Å². The molecule has 0 spiro atoms. The van der Waals surface area contributed by atoms with Gasteiger partial charge in [0.05, 0.1) is 24.8 Å². The molecule has 2 aromatic heterocycles. The molecular weight excluding hydrogens is 226 g/mol. The number of fused-ring (bicyclic) bond motifs is 1. The molecule has 0 radical (unpaired) electrons. The summed E-state index contributed by atoms with van der Waals surface area (Å²) in [5, 5.41) is 4.36. The van der Waals surface area contributed by atoms with Crippen molar-refractivity contribution >= 4 is 28.9 Å². The minimum atomic E-state index is 0.492. The van der Waals surface area contributed by atoms with Crippen LogP contribution in [-0.4, -0.2) is 45.4 Å². The van der Waals surface area contributed by atoms with Crippen LogP contribution < -0.4 is 5.32 Å². The number of rotatable bonds is 3. The first-order chi connectivity index (χ1) is 7.86. The van der Waals surface area contributed by atoms with Gasteiger partial charge >= 0.3 is 0 Å². The van der Waals surface area contributed by atoms with Crippen molar-refractivity contribution in [2.45, 2.75) is 10.3 Å². The Morgan fingerprint density at radius 1 is 1.50 bits per heavy atom. The Bertz CT molecular complexity index is 510. The van der Waals surface area contributed by atoms with Crippen LogP contribution in [0.15, 0.2) is 11.4 Å². The van der Waals surface area contributed by atoms with E-state index in [0.717, 1.165) is 23.8 Å². The first-order valence-electron chi connectivity index (χ1n) is 5.00. The molecule has 1 aliphatic heterocycles. The van der Waals surface area contributed by atoms with Gasteiger partial charge in [-0.3, -0.25) is 0 Å². The maximum Gasteiger partial charge on any atom is 0.225 e. The second-order valence-electron chi connectivity index (χ2n) is 3.48. The number of anilines is 1. The molecule has 3 rings (SSSR count). The fraction of sp³-hybridized carbons (Fsp3) is 0.444. The van der Waals surface area contributed by atoms with E-state index in [2.05, 4.69) is 25.3 Å². The molecule has 0 unspecified atom stereocenters. The summed E-state index contributed by atoms with van der Waals surface area (Å²) in [6.07, 6.45) is 1.64. The van der Waals surface area contributed by atoms with Gasteiger partial charge in [0.2, 0.25) is 5.95 Å². The number of hydrogen-bond acceptors (Lipinski definition) is 6. The highest BCUT2D eigenvalue weighted by Crippen LogP contribution is 2.30. The standard InChI is InChI=1S/C9H11N5OS/c1-10-9-13-7-6(11-4-12-7)8(14-9)16-5-2-15-3-5/h4-5H,2-3H2,1H3,(H2,10,11,12,13,14). The van der Waals surface area contributed by atoms with Crippen LogP contribution in [0.2, 0.25) is 0 Å². The summed E-state index contributed by atoms with van der Waals surface area (Å²) in [7, 11) is 1.80. The van der Waals surface area contributed by atoms with E-state index in [4.69, 9.17) is 4.74 Å². The minimum Gasteiger partial charge on any atom is -0.379 e. The molecule has 0 saturated carbocycles. The zero-order valence-electron chi connectivity index (χ0n) is 8.73. The molecule has 1 aliphatic rings. The summed E-state index contributed by atoms with van der Waals surface area (Å²) in [6, 6.07) is 0. The number of imidazole rings is 1. The van der Waals surface area contributed by atoms with E-state index in [1.165, 1.54) is 0 Å². The third-order valence-electron chi connectivity index (χ3n) is 2.36. The molecule has 84 valence electrons. The van der Waals surface area contributed by atoms with E-state index < -0.39 is 0 Å². The van der Waals surface area contributed by atoms with Crippen LogP contribution in [0.4, 0.5) is 5.95 Å². The highest BCUT2D eigenvalue weighted by atomic mass is 32.2. The molecule has 1 fully saturated rings. The van der Waals surface area contributed by atoms with E-state index >= 15 is 0 Å². The highest BCUT2D eigenvalue weighted by Gasteiger charge is 2.22. The maximum absolute atomic E-state index is 5.15. The molecule has 7 heteroatoms. The molecule has 6 nitrogen and oxygen atoms in total. The van der Waals surface area contributed by atoms with Gasteiger partial charge in [0.25, 0.3) is 0 Å². The third kappa shape index (κ3) is 1.61. The van der Waals surface area contributed by atoms with E-state index in [9.17, 15) is 0 Å². The summed E-state index contributed by atoms with van der Waals surface area (Å²) in [5.41, 5.74) is 1.60. The molecule has 2 N–H and O–H groups in total. The van der Waals surface area contributed by atoms with Crippen molar-refractivity contribution in [2.24, 2.45) is 0 Å². The normalized spacial score (nSPS) is 16.3. The number of nitrogens with zero attached hydrogens (tertiary/aromatic N) is 3. The lowest BCUT2D eigenvalue weighted by atomic mass is 10.4. The number of aromatic nitrogens is 4. The van der Waals surface area contributed by atoms with Crippen LogP contribution in [0.3, 0.4) is 0 Å². The molecule has 1 saturated heterocycles. The molecule has 2 aromatic rings. The molecule has 0 atom stereocenters. The summed E-state index contributed by atoms with van der Waals surface area (Å²) < 4.78 is 5.15. The Labute approximate surface area is 96.2 Å². The van der Waals surface area contributed by atoms with Crippen molar-refractivity contribution in [3.63, 3.8) is 0 Å². The number of ether oxygens (including phenoxy) is 1. The van der Waals surface area contributed by atoms with Gasteiger partial charge in [0.1, 0.15) is 10.5 Å². The highest BCUT2D eigenvalue weighted by molar-refractivity contribution is 8.00. The first-order valence-corrected chi connectivity index (χ1v) is 5.88. The van der Waals surface area contributed by atoms with Crippen LogP contribution in [0.5, 0.6) is 0 Å². The average Bonchev–Trinajstić information content (AvgIpc) is 2.70. The predicted molar refractivity (Wildman–Crippen MR) is 61.7 cm³/mol. The third-order valence-corrected chi connectivity index (χ3v) is 3.49.